The smallest absolute Gasteiger partial charge is 0.260 e. The molecule has 0 aliphatic carbocycles. The lowest BCUT2D eigenvalue weighted by Crippen LogP contribution is -2.38. The summed E-state index contributed by atoms with van der Waals surface area (Å²) in [6.45, 7) is 3.62. The monoisotopic (exact) mass is 253 g/mol. The molecule has 5 nitrogen and oxygen atoms in total. The molecule has 2 saturated heterocycles. The largest absolute Gasteiger partial charge is 0.300 e. The second-order valence-electron chi connectivity index (χ2n) is 5.52. The summed E-state index contributed by atoms with van der Waals surface area (Å²) in [6.07, 6.45) is 3.13. The van der Waals surface area contributed by atoms with Crippen LogP contribution in [0.25, 0.3) is 0 Å². The zero-order chi connectivity index (χ0) is 13.3. The van der Waals surface area contributed by atoms with Crippen molar-refractivity contribution >= 4 is 17.5 Å². The number of nitrogens with zero attached hydrogens (tertiary/aromatic N) is 1. The molecule has 1 amide bonds. The van der Waals surface area contributed by atoms with Crippen molar-refractivity contribution in [2.75, 3.05) is 6.61 Å². The van der Waals surface area contributed by atoms with Gasteiger partial charge in [0.2, 0.25) is 0 Å². The van der Waals surface area contributed by atoms with Crippen LogP contribution in [-0.4, -0.2) is 35.2 Å². The third-order valence-corrected chi connectivity index (χ3v) is 3.69. The van der Waals surface area contributed by atoms with Gasteiger partial charge in [0.1, 0.15) is 17.2 Å². The number of hydroxylamine groups is 2. The molecule has 100 valence electrons. The second kappa shape index (κ2) is 4.80. The van der Waals surface area contributed by atoms with Crippen molar-refractivity contribution in [1.82, 2.24) is 5.06 Å². The molecule has 0 aromatic rings. The van der Waals surface area contributed by atoms with Gasteiger partial charge in [-0.25, -0.2) is 5.06 Å². The van der Waals surface area contributed by atoms with Crippen LogP contribution in [0, 0.1) is 5.41 Å². The Bertz CT molecular complexity index is 388. The van der Waals surface area contributed by atoms with Crippen molar-refractivity contribution in [3.8, 4) is 0 Å². The van der Waals surface area contributed by atoms with Crippen LogP contribution in [0.3, 0.4) is 0 Å². The number of fused-ring (bicyclic) bond motifs is 1. The highest BCUT2D eigenvalue weighted by Crippen LogP contribution is 2.34. The van der Waals surface area contributed by atoms with Gasteiger partial charge in [0.15, 0.2) is 5.78 Å². The van der Waals surface area contributed by atoms with Gasteiger partial charge in [0, 0.05) is 12.8 Å². The van der Waals surface area contributed by atoms with Crippen LogP contribution in [-0.2, 0) is 19.2 Å². The quantitative estimate of drug-likeness (QED) is 0.610. The Balaban J connectivity index is 2.24. The van der Waals surface area contributed by atoms with E-state index < -0.39 is 11.5 Å². The van der Waals surface area contributed by atoms with E-state index in [9.17, 15) is 14.4 Å². The van der Waals surface area contributed by atoms with Crippen molar-refractivity contribution in [1.29, 1.82) is 0 Å². The van der Waals surface area contributed by atoms with E-state index in [1.807, 2.05) is 0 Å². The van der Waals surface area contributed by atoms with Crippen molar-refractivity contribution in [3.63, 3.8) is 0 Å². The molecule has 5 heteroatoms. The van der Waals surface area contributed by atoms with Crippen LogP contribution in [0.15, 0.2) is 0 Å². The summed E-state index contributed by atoms with van der Waals surface area (Å²) in [4.78, 5) is 41.5. The Labute approximate surface area is 106 Å². The standard InChI is InChI=1S/C13H19NO4/c1-13(2)11(16)10-8-9(15)6-4-3-5-7-18-14(10)12(13)17/h10H,3-8H2,1-2H3/t10-/m1/s1. The maximum atomic E-state index is 12.2. The zero-order valence-corrected chi connectivity index (χ0v) is 10.9. The number of carbonyl (C=O) groups is 3. The number of hydrogen-bond donors (Lipinski definition) is 0. The molecule has 0 spiro atoms. The fraction of sp³-hybridized carbons (Fsp3) is 0.769. The van der Waals surface area contributed by atoms with Crippen LogP contribution in [0.2, 0.25) is 0 Å². The number of amides is 1. The summed E-state index contributed by atoms with van der Waals surface area (Å²) < 4.78 is 0. The summed E-state index contributed by atoms with van der Waals surface area (Å²) in [7, 11) is 0. The minimum Gasteiger partial charge on any atom is -0.300 e. The van der Waals surface area contributed by atoms with Gasteiger partial charge in [-0.1, -0.05) is 6.42 Å². The van der Waals surface area contributed by atoms with Crippen LogP contribution in [0.4, 0.5) is 0 Å². The highest BCUT2D eigenvalue weighted by Gasteiger charge is 2.54. The predicted molar refractivity (Wildman–Crippen MR) is 63.5 cm³/mol. The SMILES string of the molecule is CC1(C)C(=O)[C@H]2CC(=O)CCCCCON2C1=O. The number of Topliss-reactive ketones (excluding diaryl/α,β-unsaturated/α-hetero) is 2. The first kappa shape index (κ1) is 13.2. The van der Waals surface area contributed by atoms with Gasteiger partial charge in [-0.3, -0.25) is 19.2 Å². The summed E-state index contributed by atoms with van der Waals surface area (Å²) >= 11 is 0. The molecule has 18 heavy (non-hydrogen) atoms. The molecule has 0 aromatic heterocycles. The summed E-state index contributed by atoms with van der Waals surface area (Å²) in [5.74, 6) is -0.498. The third-order valence-electron chi connectivity index (χ3n) is 3.69. The van der Waals surface area contributed by atoms with Gasteiger partial charge in [-0.05, 0) is 26.7 Å². The van der Waals surface area contributed by atoms with Crippen LogP contribution >= 0.6 is 0 Å². The van der Waals surface area contributed by atoms with Gasteiger partial charge in [0.25, 0.3) is 5.91 Å². The molecule has 2 aliphatic heterocycles. The molecule has 0 radical (unpaired) electrons. The maximum Gasteiger partial charge on any atom is 0.260 e. The van der Waals surface area contributed by atoms with E-state index in [1.165, 1.54) is 0 Å². The molecule has 0 saturated carbocycles. The van der Waals surface area contributed by atoms with E-state index in [-0.39, 0.29) is 23.9 Å². The first-order valence-electron chi connectivity index (χ1n) is 6.47. The first-order valence-corrected chi connectivity index (χ1v) is 6.47. The molecule has 0 unspecified atom stereocenters. The van der Waals surface area contributed by atoms with E-state index in [0.717, 1.165) is 24.3 Å². The average Bonchev–Trinajstić information content (AvgIpc) is 2.48. The molecule has 2 heterocycles. The van der Waals surface area contributed by atoms with Gasteiger partial charge in [-0.15, -0.1) is 0 Å². The fourth-order valence-electron chi connectivity index (χ4n) is 2.45. The maximum absolute atomic E-state index is 12.2. The lowest BCUT2D eigenvalue weighted by Gasteiger charge is -2.23. The summed E-state index contributed by atoms with van der Waals surface area (Å²) in [5.41, 5.74) is -1.07. The minimum absolute atomic E-state index is 0.0364. The molecule has 0 bridgehead atoms. The molecule has 2 fully saturated rings. The Kier molecular flexibility index (Phi) is 3.52. The second-order valence-corrected chi connectivity index (χ2v) is 5.52. The van der Waals surface area contributed by atoms with Crippen LogP contribution < -0.4 is 0 Å². The molecule has 2 rings (SSSR count). The Morgan fingerprint density at radius 3 is 2.61 bits per heavy atom. The van der Waals surface area contributed by atoms with Crippen molar-refractivity contribution in [2.24, 2.45) is 5.41 Å². The van der Waals surface area contributed by atoms with Gasteiger partial charge in [0.05, 0.1) is 6.61 Å². The van der Waals surface area contributed by atoms with Gasteiger partial charge >= 0.3 is 0 Å². The highest BCUT2D eigenvalue weighted by atomic mass is 16.7. The molecular weight excluding hydrogens is 234 g/mol. The first-order chi connectivity index (χ1) is 8.44. The number of rotatable bonds is 0. The average molecular weight is 253 g/mol. The highest BCUT2D eigenvalue weighted by molar-refractivity contribution is 6.14. The van der Waals surface area contributed by atoms with E-state index in [1.54, 1.807) is 13.8 Å². The van der Waals surface area contributed by atoms with E-state index >= 15 is 0 Å². The van der Waals surface area contributed by atoms with Gasteiger partial charge < -0.3 is 0 Å². The van der Waals surface area contributed by atoms with E-state index in [2.05, 4.69) is 0 Å². The van der Waals surface area contributed by atoms with Crippen LogP contribution in [0.1, 0.15) is 46.0 Å². The minimum atomic E-state index is -1.07. The lowest BCUT2D eigenvalue weighted by molar-refractivity contribution is -0.194. The molecular formula is C13H19NO4. The molecule has 2 aliphatic rings. The Morgan fingerprint density at radius 2 is 1.89 bits per heavy atom. The zero-order valence-electron chi connectivity index (χ0n) is 10.9. The number of hydrogen-bond acceptors (Lipinski definition) is 4. The molecule has 0 N–H and O–H groups in total. The summed E-state index contributed by atoms with van der Waals surface area (Å²) in [5, 5.41) is 1.14. The topological polar surface area (TPSA) is 63.7 Å². The van der Waals surface area contributed by atoms with E-state index in [0.29, 0.717) is 13.0 Å². The Morgan fingerprint density at radius 1 is 1.17 bits per heavy atom. The summed E-state index contributed by atoms with van der Waals surface area (Å²) in [6, 6.07) is -0.724. The molecule has 0 aromatic carbocycles. The third kappa shape index (κ3) is 2.19. The van der Waals surface area contributed by atoms with Crippen molar-refractivity contribution in [2.45, 2.75) is 52.0 Å². The van der Waals surface area contributed by atoms with Crippen molar-refractivity contribution in [3.05, 3.63) is 0 Å². The van der Waals surface area contributed by atoms with Crippen LogP contribution in [0.5, 0.6) is 0 Å². The Hall–Kier alpha value is -1.23. The lowest BCUT2D eigenvalue weighted by atomic mass is 9.87. The predicted octanol–water partition coefficient (Wildman–Crippen LogP) is 1.26. The number of carbonyl (C=O) groups excluding carboxylic acids is 3. The van der Waals surface area contributed by atoms with Gasteiger partial charge in [-0.2, -0.15) is 0 Å². The molecule has 1 atom stereocenters. The normalized spacial score (nSPS) is 29.3. The van der Waals surface area contributed by atoms with E-state index in [4.69, 9.17) is 4.84 Å². The van der Waals surface area contributed by atoms with Crippen molar-refractivity contribution < 1.29 is 19.2 Å². The number of ketones is 2. The fourth-order valence-corrected chi connectivity index (χ4v) is 2.45.